The highest BCUT2D eigenvalue weighted by atomic mass is 16.4. The second-order valence-electron chi connectivity index (χ2n) is 7.38. The van der Waals surface area contributed by atoms with Gasteiger partial charge in [0.1, 0.15) is 11.5 Å². The van der Waals surface area contributed by atoms with Gasteiger partial charge in [-0.1, -0.05) is 30.3 Å². The number of imidazole rings is 1. The van der Waals surface area contributed by atoms with Crippen molar-refractivity contribution in [1.29, 1.82) is 0 Å². The number of fused-ring (bicyclic) bond motifs is 1. The van der Waals surface area contributed by atoms with Crippen molar-refractivity contribution in [1.82, 2.24) is 19.3 Å². The summed E-state index contributed by atoms with van der Waals surface area (Å²) >= 11 is 0. The fraction of sp³-hybridized carbons (Fsp3) is 0.273. The molecule has 1 saturated heterocycles. The van der Waals surface area contributed by atoms with Gasteiger partial charge in [0, 0.05) is 51.2 Å². The molecule has 148 valence electrons. The Kier molecular flexibility index (Phi) is 4.65. The molecule has 5 rings (SSSR count). The number of anilines is 2. The van der Waals surface area contributed by atoms with Crippen LogP contribution in [0.1, 0.15) is 5.56 Å². The van der Waals surface area contributed by atoms with Crippen LogP contribution in [0.4, 0.5) is 11.7 Å². The van der Waals surface area contributed by atoms with Crippen molar-refractivity contribution in [3.8, 4) is 11.5 Å². The third-order valence-corrected chi connectivity index (χ3v) is 5.37. The lowest BCUT2D eigenvalue weighted by molar-refractivity contribution is 0.306. The van der Waals surface area contributed by atoms with Crippen LogP contribution in [0.15, 0.2) is 65.5 Å². The molecular formula is C22H24N6O. The van der Waals surface area contributed by atoms with Crippen LogP contribution in [0.25, 0.3) is 17.1 Å². The molecule has 4 aromatic rings. The first-order valence-electron chi connectivity index (χ1n) is 9.91. The molecule has 0 spiro atoms. The highest BCUT2D eigenvalue weighted by Gasteiger charge is 2.21. The van der Waals surface area contributed by atoms with E-state index < -0.39 is 0 Å². The van der Waals surface area contributed by atoms with Crippen LogP contribution in [0.2, 0.25) is 0 Å². The summed E-state index contributed by atoms with van der Waals surface area (Å²) in [4.78, 5) is 13.6. The van der Waals surface area contributed by atoms with Crippen LogP contribution < -0.4 is 10.2 Å². The van der Waals surface area contributed by atoms with Crippen molar-refractivity contribution in [2.45, 2.75) is 6.54 Å². The molecule has 1 N–H and O–H groups in total. The Morgan fingerprint density at radius 3 is 2.69 bits per heavy atom. The molecule has 1 aliphatic rings. The van der Waals surface area contributed by atoms with E-state index in [9.17, 15) is 0 Å². The molecule has 0 saturated carbocycles. The van der Waals surface area contributed by atoms with Crippen molar-refractivity contribution < 1.29 is 4.42 Å². The van der Waals surface area contributed by atoms with Crippen LogP contribution in [-0.4, -0.2) is 52.5 Å². The number of likely N-dealkylation sites (N-methyl/N-ethyl adjacent to an activating group) is 1. The second kappa shape index (κ2) is 7.60. The van der Waals surface area contributed by atoms with Crippen molar-refractivity contribution >= 4 is 17.3 Å². The molecule has 0 amide bonds. The van der Waals surface area contributed by atoms with E-state index >= 15 is 0 Å². The molecule has 1 aromatic carbocycles. The molecule has 0 unspecified atom stereocenters. The summed E-state index contributed by atoms with van der Waals surface area (Å²) in [5, 5.41) is 3.54. The van der Waals surface area contributed by atoms with E-state index in [0.717, 1.165) is 55.0 Å². The predicted octanol–water partition coefficient (Wildman–Crippen LogP) is 3.35. The number of nitrogens with one attached hydrogen (secondary N) is 1. The van der Waals surface area contributed by atoms with Gasteiger partial charge in [0.25, 0.3) is 0 Å². The lowest BCUT2D eigenvalue weighted by Gasteiger charge is -2.32. The second-order valence-corrected chi connectivity index (χ2v) is 7.38. The summed E-state index contributed by atoms with van der Waals surface area (Å²) in [6.07, 6.45) is 5.45. The topological polar surface area (TPSA) is 61.8 Å². The van der Waals surface area contributed by atoms with Crippen LogP contribution in [0.3, 0.4) is 0 Å². The van der Waals surface area contributed by atoms with E-state index in [1.54, 1.807) is 12.4 Å². The monoisotopic (exact) mass is 388 g/mol. The van der Waals surface area contributed by atoms with E-state index in [1.165, 1.54) is 5.56 Å². The number of hydrogen-bond acceptors (Lipinski definition) is 6. The first-order valence-corrected chi connectivity index (χ1v) is 9.91. The van der Waals surface area contributed by atoms with E-state index in [2.05, 4.69) is 39.3 Å². The van der Waals surface area contributed by atoms with Gasteiger partial charge in [-0.25, -0.2) is 4.98 Å². The van der Waals surface area contributed by atoms with Crippen molar-refractivity contribution in [3.63, 3.8) is 0 Å². The van der Waals surface area contributed by atoms with Gasteiger partial charge < -0.3 is 19.5 Å². The Morgan fingerprint density at radius 1 is 1.03 bits per heavy atom. The van der Waals surface area contributed by atoms with E-state index in [4.69, 9.17) is 9.40 Å². The fourth-order valence-electron chi connectivity index (χ4n) is 3.68. The highest BCUT2D eigenvalue weighted by molar-refractivity contribution is 5.74. The maximum absolute atomic E-state index is 6.24. The normalized spacial score (nSPS) is 15.1. The lowest BCUT2D eigenvalue weighted by Crippen LogP contribution is -2.44. The molecule has 29 heavy (non-hydrogen) atoms. The van der Waals surface area contributed by atoms with Gasteiger partial charge >= 0.3 is 0 Å². The van der Waals surface area contributed by atoms with Crippen LogP contribution in [0.5, 0.6) is 0 Å². The smallest absolute Gasteiger partial charge is 0.196 e. The molecule has 0 radical (unpaired) electrons. The Labute approximate surface area is 169 Å². The molecule has 7 heteroatoms. The van der Waals surface area contributed by atoms with Crippen LogP contribution in [0, 0.1) is 0 Å². The zero-order chi connectivity index (χ0) is 19.6. The van der Waals surface area contributed by atoms with Crippen molar-refractivity contribution in [2.24, 2.45) is 0 Å². The highest BCUT2D eigenvalue weighted by Crippen LogP contribution is 2.33. The summed E-state index contributed by atoms with van der Waals surface area (Å²) in [5.41, 5.74) is 2.80. The Hall–Kier alpha value is -3.32. The lowest BCUT2D eigenvalue weighted by atomic mass is 10.2. The number of hydrogen-bond donors (Lipinski definition) is 1. The minimum Gasteiger partial charge on any atom is -0.439 e. The molecule has 3 aromatic heterocycles. The molecule has 1 aliphatic heterocycles. The standard InChI is InChI=1S/C22H24N6O/c1-26-11-13-27(14-12-26)20-8-7-18(29-20)21-22(24-15-17-5-3-2-4-6-17)28-10-9-23-16-19(28)25-21/h2-10,16,24H,11-15H2,1H3. The molecule has 0 atom stereocenters. The van der Waals surface area contributed by atoms with Crippen LogP contribution in [-0.2, 0) is 6.54 Å². The zero-order valence-corrected chi connectivity index (χ0v) is 16.5. The Morgan fingerprint density at radius 2 is 1.86 bits per heavy atom. The van der Waals surface area contributed by atoms with Gasteiger partial charge in [0.2, 0.25) is 0 Å². The van der Waals surface area contributed by atoms with Gasteiger partial charge in [-0.15, -0.1) is 0 Å². The molecule has 0 aliphatic carbocycles. The van der Waals surface area contributed by atoms with Gasteiger partial charge in [0.05, 0.1) is 6.20 Å². The number of furan rings is 1. The number of aromatic nitrogens is 3. The predicted molar refractivity (Wildman–Crippen MR) is 114 cm³/mol. The van der Waals surface area contributed by atoms with Crippen LogP contribution >= 0.6 is 0 Å². The molecular weight excluding hydrogens is 364 g/mol. The number of rotatable bonds is 5. The molecule has 7 nitrogen and oxygen atoms in total. The molecule has 4 heterocycles. The van der Waals surface area contributed by atoms with Crippen molar-refractivity contribution in [3.05, 3.63) is 66.6 Å². The molecule has 0 bridgehead atoms. The number of piperazine rings is 1. The summed E-state index contributed by atoms with van der Waals surface area (Å²) in [6, 6.07) is 14.4. The summed E-state index contributed by atoms with van der Waals surface area (Å²) < 4.78 is 8.26. The minimum absolute atomic E-state index is 0.704. The van der Waals surface area contributed by atoms with E-state index in [1.807, 2.05) is 40.9 Å². The summed E-state index contributed by atoms with van der Waals surface area (Å²) in [6.45, 7) is 4.73. The van der Waals surface area contributed by atoms with Gasteiger partial charge in [-0.3, -0.25) is 9.38 Å². The maximum Gasteiger partial charge on any atom is 0.196 e. The van der Waals surface area contributed by atoms with Gasteiger partial charge in [-0.05, 0) is 18.7 Å². The van der Waals surface area contributed by atoms with Crippen molar-refractivity contribution in [2.75, 3.05) is 43.4 Å². The summed E-state index contributed by atoms with van der Waals surface area (Å²) in [7, 11) is 2.15. The third kappa shape index (κ3) is 3.56. The first-order chi connectivity index (χ1) is 14.3. The SMILES string of the molecule is CN1CCN(c2ccc(-c3nc4cnccn4c3NCc3ccccc3)o2)CC1. The minimum atomic E-state index is 0.704. The van der Waals surface area contributed by atoms with E-state index in [0.29, 0.717) is 6.54 Å². The number of benzene rings is 1. The quantitative estimate of drug-likeness (QED) is 0.566. The van der Waals surface area contributed by atoms with Gasteiger partial charge in [-0.2, -0.15) is 0 Å². The van der Waals surface area contributed by atoms with Gasteiger partial charge in [0.15, 0.2) is 17.3 Å². The summed E-state index contributed by atoms with van der Waals surface area (Å²) in [5.74, 6) is 2.57. The Balaban J connectivity index is 1.46. The largest absolute Gasteiger partial charge is 0.439 e. The maximum atomic E-state index is 6.24. The Bertz CT molecular complexity index is 1090. The first kappa shape index (κ1) is 17.8. The third-order valence-electron chi connectivity index (χ3n) is 5.37. The molecule has 1 fully saturated rings. The average molecular weight is 388 g/mol. The number of nitrogens with zero attached hydrogens (tertiary/aromatic N) is 5. The fourth-order valence-corrected chi connectivity index (χ4v) is 3.68. The van der Waals surface area contributed by atoms with E-state index in [-0.39, 0.29) is 0 Å². The average Bonchev–Trinajstić information content (AvgIpc) is 3.38. The zero-order valence-electron chi connectivity index (χ0n) is 16.5.